The average molecular weight is 167 g/mol. The van der Waals surface area contributed by atoms with Crippen molar-refractivity contribution in [1.82, 2.24) is 4.98 Å². The van der Waals surface area contributed by atoms with Gasteiger partial charge < -0.3 is 0 Å². The van der Waals surface area contributed by atoms with Crippen LogP contribution in [0.2, 0.25) is 0 Å². The third-order valence-electron chi connectivity index (χ3n) is 2.08. The quantitative estimate of drug-likeness (QED) is 0.603. The molecule has 2 nitrogen and oxygen atoms in total. The molecule has 2 heteroatoms. The van der Waals surface area contributed by atoms with Crippen LogP contribution in [0.1, 0.15) is 11.1 Å². The number of hydrogen-bond donors (Lipinski definition) is 0. The zero-order valence-electron chi connectivity index (χ0n) is 7.20. The standard InChI is InChI=1S/C11H7N2/c1-8-9(6-12)7-13-11-5-3-2-4-10(8)11/h2-5H,1H3. The van der Waals surface area contributed by atoms with Crippen molar-refractivity contribution in [2.75, 3.05) is 0 Å². The van der Waals surface area contributed by atoms with Gasteiger partial charge in [0.2, 0.25) is 0 Å². The molecule has 2 aromatic rings. The highest BCUT2D eigenvalue weighted by molar-refractivity contribution is 5.83. The minimum absolute atomic E-state index is 0.527. The molecule has 1 aromatic carbocycles. The molecule has 0 aliphatic rings. The predicted octanol–water partition coefficient (Wildman–Crippen LogP) is 2.22. The average Bonchev–Trinajstić information content (AvgIpc) is 2.19. The van der Waals surface area contributed by atoms with Gasteiger partial charge in [-0.1, -0.05) is 18.2 Å². The van der Waals surface area contributed by atoms with Crippen LogP contribution in [0.3, 0.4) is 0 Å². The number of nitrogens with zero attached hydrogens (tertiary/aromatic N) is 2. The van der Waals surface area contributed by atoms with Gasteiger partial charge in [0.1, 0.15) is 12.3 Å². The maximum Gasteiger partial charge on any atom is 0.109 e. The fourth-order valence-corrected chi connectivity index (χ4v) is 1.33. The summed E-state index contributed by atoms with van der Waals surface area (Å²) in [6.45, 7) is 1.92. The first-order valence-corrected chi connectivity index (χ1v) is 4.00. The van der Waals surface area contributed by atoms with Crippen molar-refractivity contribution in [3.8, 4) is 6.07 Å². The largest absolute Gasteiger partial charge is 0.245 e. The van der Waals surface area contributed by atoms with Gasteiger partial charge in [-0.15, -0.1) is 0 Å². The Labute approximate surface area is 76.5 Å². The Morgan fingerprint density at radius 3 is 2.92 bits per heavy atom. The first-order chi connectivity index (χ1) is 6.33. The van der Waals surface area contributed by atoms with E-state index in [9.17, 15) is 0 Å². The van der Waals surface area contributed by atoms with Crippen LogP contribution in [0, 0.1) is 24.5 Å². The molecule has 0 spiro atoms. The Hall–Kier alpha value is -1.88. The van der Waals surface area contributed by atoms with Gasteiger partial charge in [0.05, 0.1) is 11.1 Å². The highest BCUT2D eigenvalue weighted by Gasteiger charge is 2.02. The van der Waals surface area contributed by atoms with Crippen LogP contribution in [0.15, 0.2) is 24.3 Å². The van der Waals surface area contributed by atoms with Gasteiger partial charge in [-0.2, -0.15) is 5.26 Å². The fraction of sp³-hybridized carbons (Fsp3) is 0.0909. The number of hydrogen-bond acceptors (Lipinski definition) is 2. The van der Waals surface area contributed by atoms with Crippen molar-refractivity contribution >= 4 is 10.9 Å². The molecule has 0 bridgehead atoms. The van der Waals surface area contributed by atoms with E-state index >= 15 is 0 Å². The van der Waals surface area contributed by atoms with E-state index in [-0.39, 0.29) is 0 Å². The van der Waals surface area contributed by atoms with Crippen LogP contribution < -0.4 is 0 Å². The van der Waals surface area contributed by atoms with Gasteiger partial charge in [0.15, 0.2) is 0 Å². The van der Waals surface area contributed by atoms with Crippen LogP contribution in [0.5, 0.6) is 0 Å². The Bertz CT molecular complexity index is 495. The molecule has 13 heavy (non-hydrogen) atoms. The molecule has 61 valence electrons. The SMILES string of the molecule is Cc1c(C#N)[c]nc2ccccc12. The second-order valence-corrected chi connectivity index (χ2v) is 2.85. The molecular weight excluding hydrogens is 160 g/mol. The van der Waals surface area contributed by atoms with E-state index in [2.05, 4.69) is 17.3 Å². The molecule has 0 amide bonds. The molecule has 0 fully saturated rings. The first-order valence-electron chi connectivity index (χ1n) is 4.00. The number of aromatic nitrogens is 1. The number of para-hydroxylation sites is 1. The van der Waals surface area contributed by atoms with Crippen LogP contribution in [0.4, 0.5) is 0 Å². The second kappa shape index (κ2) is 2.87. The van der Waals surface area contributed by atoms with Crippen LogP contribution >= 0.6 is 0 Å². The molecule has 1 radical (unpaired) electrons. The minimum Gasteiger partial charge on any atom is -0.245 e. The molecule has 1 aromatic heterocycles. The van der Waals surface area contributed by atoms with Gasteiger partial charge in [-0.25, -0.2) is 4.98 Å². The molecular formula is C11H7N2. The molecule has 0 aliphatic heterocycles. The number of nitriles is 1. The van der Waals surface area contributed by atoms with Gasteiger partial charge in [-0.05, 0) is 18.6 Å². The predicted molar refractivity (Wildman–Crippen MR) is 50.0 cm³/mol. The monoisotopic (exact) mass is 167 g/mol. The van der Waals surface area contributed by atoms with E-state index < -0.39 is 0 Å². The Morgan fingerprint density at radius 1 is 1.38 bits per heavy atom. The zero-order valence-corrected chi connectivity index (χ0v) is 7.20. The third kappa shape index (κ3) is 1.15. The van der Waals surface area contributed by atoms with Gasteiger partial charge in [0.25, 0.3) is 0 Å². The van der Waals surface area contributed by atoms with Crippen molar-refractivity contribution in [2.24, 2.45) is 0 Å². The summed E-state index contributed by atoms with van der Waals surface area (Å²) < 4.78 is 0. The Morgan fingerprint density at radius 2 is 2.15 bits per heavy atom. The summed E-state index contributed by atoms with van der Waals surface area (Å²) in [6.07, 6.45) is 2.72. The fourth-order valence-electron chi connectivity index (χ4n) is 1.33. The molecule has 0 atom stereocenters. The van der Waals surface area contributed by atoms with Crippen molar-refractivity contribution in [1.29, 1.82) is 5.26 Å². The van der Waals surface area contributed by atoms with Crippen molar-refractivity contribution < 1.29 is 0 Å². The van der Waals surface area contributed by atoms with E-state index in [4.69, 9.17) is 5.26 Å². The molecule has 0 unspecified atom stereocenters. The lowest BCUT2D eigenvalue weighted by Crippen LogP contribution is -1.88. The van der Waals surface area contributed by atoms with E-state index in [1.807, 2.05) is 31.2 Å². The summed E-state index contributed by atoms with van der Waals surface area (Å²) in [6, 6.07) is 9.82. The highest BCUT2D eigenvalue weighted by atomic mass is 14.7. The lowest BCUT2D eigenvalue weighted by Gasteiger charge is -2.00. The van der Waals surface area contributed by atoms with Crippen LogP contribution in [-0.4, -0.2) is 4.98 Å². The van der Waals surface area contributed by atoms with E-state index in [0.29, 0.717) is 5.56 Å². The third-order valence-corrected chi connectivity index (χ3v) is 2.08. The minimum atomic E-state index is 0.527. The number of pyridine rings is 1. The highest BCUT2D eigenvalue weighted by Crippen LogP contribution is 2.17. The first kappa shape index (κ1) is 7.75. The summed E-state index contributed by atoms with van der Waals surface area (Å²) in [5.74, 6) is 0. The van der Waals surface area contributed by atoms with Crippen LogP contribution in [0.25, 0.3) is 10.9 Å². The summed E-state index contributed by atoms with van der Waals surface area (Å²) >= 11 is 0. The van der Waals surface area contributed by atoms with Crippen molar-refractivity contribution in [3.05, 3.63) is 41.6 Å². The van der Waals surface area contributed by atoms with Crippen molar-refractivity contribution in [2.45, 2.75) is 6.92 Å². The number of aryl methyl sites for hydroxylation is 1. The summed E-state index contributed by atoms with van der Waals surface area (Å²) in [5.41, 5.74) is 2.37. The lowest BCUT2D eigenvalue weighted by atomic mass is 10.1. The van der Waals surface area contributed by atoms with E-state index in [0.717, 1.165) is 16.5 Å². The molecule has 1 heterocycles. The topological polar surface area (TPSA) is 36.7 Å². The maximum atomic E-state index is 8.76. The summed E-state index contributed by atoms with van der Waals surface area (Å²) in [4.78, 5) is 4.07. The van der Waals surface area contributed by atoms with E-state index in [1.165, 1.54) is 0 Å². The lowest BCUT2D eigenvalue weighted by molar-refractivity contribution is 1.31. The Kier molecular flexibility index (Phi) is 1.71. The molecule has 2 rings (SSSR count). The van der Waals surface area contributed by atoms with Crippen LogP contribution in [-0.2, 0) is 0 Å². The normalized spacial score (nSPS) is 9.85. The zero-order chi connectivity index (χ0) is 9.26. The van der Waals surface area contributed by atoms with E-state index in [1.54, 1.807) is 0 Å². The van der Waals surface area contributed by atoms with Gasteiger partial charge in [-0.3, -0.25) is 0 Å². The number of rotatable bonds is 0. The summed E-state index contributed by atoms with van der Waals surface area (Å²) in [7, 11) is 0. The second-order valence-electron chi connectivity index (χ2n) is 2.85. The molecule has 0 aliphatic carbocycles. The smallest absolute Gasteiger partial charge is 0.109 e. The van der Waals surface area contributed by atoms with Gasteiger partial charge >= 0.3 is 0 Å². The molecule has 0 saturated carbocycles. The number of fused-ring (bicyclic) bond motifs is 1. The van der Waals surface area contributed by atoms with Gasteiger partial charge in [0, 0.05) is 5.39 Å². The maximum absolute atomic E-state index is 8.76. The molecule has 0 N–H and O–H groups in total. The number of benzene rings is 1. The van der Waals surface area contributed by atoms with Crippen molar-refractivity contribution in [3.63, 3.8) is 0 Å². The Balaban J connectivity index is 2.89. The summed E-state index contributed by atoms with van der Waals surface area (Å²) in [5, 5.41) is 9.78. The molecule has 0 saturated heterocycles.